The van der Waals surface area contributed by atoms with Crippen molar-refractivity contribution in [1.29, 1.82) is 0 Å². The van der Waals surface area contributed by atoms with Crippen LogP contribution in [0.4, 0.5) is 5.69 Å². The van der Waals surface area contributed by atoms with Crippen LogP contribution in [0.5, 0.6) is 5.88 Å². The van der Waals surface area contributed by atoms with Gasteiger partial charge in [-0.2, -0.15) is 0 Å². The van der Waals surface area contributed by atoms with Crippen LogP contribution < -0.4 is 21.3 Å². The fourth-order valence-electron chi connectivity index (χ4n) is 1.75. The van der Waals surface area contributed by atoms with Crippen molar-refractivity contribution < 1.29 is 4.74 Å². The summed E-state index contributed by atoms with van der Waals surface area (Å²) in [7, 11) is 0. The summed E-state index contributed by atoms with van der Waals surface area (Å²) in [4.78, 5) is 17.5. The predicted octanol–water partition coefficient (Wildman–Crippen LogP) is -0.270. The third-order valence-electron chi connectivity index (χ3n) is 2.77. The molecule has 1 aliphatic heterocycles. The van der Waals surface area contributed by atoms with Crippen LogP contribution in [0.15, 0.2) is 11.1 Å². The zero-order valence-corrected chi connectivity index (χ0v) is 9.03. The van der Waals surface area contributed by atoms with Crippen LogP contribution in [0.3, 0.4) is 0 Å². The molecule has 0 bridgehead atoms. The van der Waals surface area contributed by atoms with Gasteiger partial charge in [0.2, 0.25) is 5.88 Å². The van der Waals surface area contributed by atoms with Gasteiger partial charge in [-0.25, -0.2) is 4.98 Å². The standard InChI is InChI=1S/C10H16N4O2/c11-8-9(15)13-6-14-10(8)16-5-7-1-3-12-4-2-7/h6-7,12H,1-5,11H2,(H,13,14,15). The summed E-state index contributed by atoms with van der Waals surface area (Å²) in [6, 6.07) is 0. The molecule has 0 atom stereocenters. The average molecular weight is 224 g/mol. The van der Waals surface area contributed by atoms with Gasteiger partial charge in [0.25, 0.3) is 5.56 Å². The number of aromatic amines is 1. The van der Waals surface area contributed by atoms with Crippen molar-refractivity contribution in [2.24, 2.45) is 5.92 Å². The lowest BCUT2D eigenvalue weighted by atomic mass is 9.99. The number of hydrogen-bond acceptors (Lipinski definition) is 5. The van der Waals surface area contributed by atoms with Crippen molar-refractivity contribution in [1.82, 2.24) is 15.3 Å². The molecule has 16 heavy (non-hydrogen) atoms. The highest BCUT2D eigenvalue weighted by Gasteiger charge is 2.15. The van der Waals surface area contributed by atoms with Crippen molar-refractivity contribution >= 4 is 5.69 Å². The maximum atomic E-state index is 11.2. The second-order valence-electron chi connectivity index (χ2n) is 3.95. The Labute approximate surface area is 93.2 Å². The molecule has 2 heterocycles. The monoisotopic (exact) mass is 224 g/mol. The molecule has 0 saturated carbocycles. The lowest BCUT2D eigenvalue weighted by molar-refractivity contribution is 0.209. The Bertz CT molecular complexity index is 398. The quantitative estimate of drug-likeness (QED) is 0.657. The molecule has 1 aromatic heterocycles. The molecule has 88 valence electrons. The van der Waals surface area contributed by atoms with Gasteiger partial charge < -0.3 is 20.8 Å². The van der Waals surface area contributed by atoms with Gasteiger partial charge in [0.1, 0.15) is 0 Å². The van der Waals surface area contributed by atoms with Crippen LogP contribution in [0, 0.1) is 5.92 Å². The van der Waals surface area contributed by atoms with Crippen LogP contribution in [0.2, 0.25) is 0 Å². The largest absolute Gasteiger partial charge is 0.476 e. The fourth-order valence-corrected chi connectivity index (χ4v) is 1.75. The summed E-state index contributed by atoms with van der Waals surface area (Å²) in [5, 5.41) is 3.28. The van der Waals surface area contributed by atoms with E-state index in [0.717, 1.165) is 25.9 Å². The van der Waals surface area contributed by atoms with Crippen molar-refractivity contribution in [2.45, 2.75) is 12.8 Å². The molecule has 2 rings (SSSR count). The smallest absolute Gasteiger partial charge is 0.277 e. The van der Waals surface area contributed by atoms with Gasteiger partial charge in [0, 0.05) is 0 Å². The number of hydrogen-bond donors (Lipinski definition) is 3. The number of ether oxygens (including phenoxy) is 1. The molecule has 6 heteroatoms. The summed E-state index contributed by atoms with van der Waals surface area (Å²) in [5.74, 6) is 0.754. The first-order valence-corrected chi connectivity index (χ1v) is 5.44. The molecule has 1 aliphatic rings. The van der Waals surface area contributed by atoms with Gasteiger partial charge >= 0.3 is 0 Å². The maximum Gasteiger partial charge on any atom is 0.277 e. The molecule has 0 spiro atoms. The molecule has 6 nitrogen and oxygen atoms in total. The summed E-state index contributed by atoms with van der Waals surface area (Å²) in [6.45, 7) is 2.61. The molecule has 0 amide bonds. The lowest BCUT2D eigenvalue weighted by Gasteiger charge is -2.22. The molecule has 0 unspecified atom stereocenters. The number of aromatic nitrogens is 2. The van der Waals surface area contributed by atoms with Crippen molar-refractivity contribution in [3.05, 3.63) is 16.7 Å². The van der Waals surface area contributed by atoms with E-state index in [2.05, 4.69) is 15.3 Å². The Morgan fingerprint density at radius 1 is 1.50 bits per heavy atom. The minimum absolute atomic E-state index is 0.0523. The Kier molecular flexibility index (Phi) is 3.40. The topological polar surface area (TPSA) is 93.0 Å². The number of nitrogens with zero attached hydrogens (tertiary/aromatic N) is 1. The minimum atomic E-state index is -0.352. The molecule has 1 aromatic rings. The SMILES string of the molecule is Nc1c(OCC2CCNCC2)nc[nH]c1=O. The van der Waals surface area contributed by atoms with E-state index in [9.17, 15) is 4.79 Å². The predicted molar refractivity (Wildman–Crippen MR) is 60.4 cm³/mol. The number of nitrogens with one attached hydrogen (secondary N) is 2. The lowest BCUT2D eigenvalue weighted by Crippen LogP contribution is -2.31. The van der Waals surface area contributed by atoms with Crippen LogP contribution >= 0.6 is 0 Å². The normalized spacial score (nSPS) is 17.2. The summed E-state index contributed by atoms with van der Waals surface area (Å²) < 4.78 is 5.47. The molecule has 1 fully saturated rings. The second-order valence-corrected chi connectivity index (χ2v) is 3.95. The number of H-pyrrole nitrogens is 1. The van der Waals surface area contributed by atoms with Crippen LogP contribution in [0.25, 0.3) is 0 Å². The van der Waals surface area contributed by atoms with E-state index in [1.807, 2.05) is 0 Å². The van der Waals surface area contributed by atoms with E-state index < -0.39 is 0 Å². The Balaban J connectivity index is 1.93. The number of rotatable bonds is 3. The zero-order chi connectivity index (χ0) is 11.4. The van der Waals surface area contributed by atoms with Crippen molar-refractivity contribution in [2.75, 3.05) is 25.4 Å². The van der Waals surface area contributed by atoms with Crippen LogP contribution in [-0.4, -0.2) is 29.7 Å². The molecule has 4 N–H and O–H groups in total. The van der Waals surface area contributed by atoms with E-state index in [1.54, 1.807) is 0 Å². The molecule has 1 saturated heterocycles. The van der Waals surface area contributed by atoms with E-state index in [1.165, 1.54) is 6.33 Å². The van der Waals surface area contributed by atoms with Gasteiger partial charge in [-0.3, -0.25) is 4.79 Å². The third-order valence-corrected chi connectivity index (χ3v) is 2.77. The van der Waals surface area contributed by atoms with E-state index in [0.29, 0.717) is 12.5 Å². The highest BCUT2D eigenvalue weighted by Crippen LogP contribution is 2.16. The van der Waals surface area contributed by atoms with Crippen molar-refractivity contribution in [3.63, 3.8) is 0 Å². The van der Waals surface area contributed by atoms with Crippen LogP contribution in [0.1, 0.15) is 12.8 Å². The number of anilines is 1. The van der Waals surface area contributed by atoms with E-state index in [-0.39, 0.29) is 17.1 Å². The molecule has 0 aliphatic carbocycles. The number of nitrogen functional groups attached to an aromatic ring is 1. The van der Waals surface area contributed by atoms with Gasteiger partial charge in [0.05, 0.1) is 12.9 Å². The minimum Gasteiger partial charge on any atom is -0.476 e. The summed E-state index contributed by atoms with van der Waals surface area (Å²) in [5.41, 5.74) is 5.26. The van der Waals surface area contributed by atoms with E-state index >= 15 is 0 Å². The molecule has 0 aromatic carbocycles. The molecular weight excluding hydrogens is 208 g/mol. The zero-order valence-electron chi connectivity index (χ0n) is 9.03. The van der Waals surface area contributed by atoms with E-state index in [4.69, 9.17) is 10.5 Å². The third kappa shape index (κ3) is 2.52. The molecule has 0 radical (unpaired) electrons. The van der Waals surface area contributed by atoms with Crippen molar-refractivity contribution in [3.8, 4) is 5.88 Å². The van der Waals surface area contributed by atoms with Gasteiger partial charge in [-0.05, 0) is 31.8 Å². The first kappa shape index (κ1) is 10.9. The first-order valence-electron chi connectivity index (χ1n) is 5.44. The number of nitrogens with two attached hydrogens (primary N) is 1. The molecular formula is C10H16N4O2. The van der Waals surface area contributed by atoms with Gasteiger partial charge in [-0.1, -0.05) is 0 Å². The van der Waals surface area contributed by atoms with Gasteiger partial charge in [0.15, 0.2) is 5.69 Å². The van der Waals surface area contributed by atoms with Crippen LogP contribution in [-0.2, 0) is 0 Å². The highest BCUT2D eigenvalue weighted by molar-refractivity contribution is 5.44. The second kappa shape index (κ2) is 4.98. The Morgan fingerprint density at radius 3 is 3.00 bits per heavy atom. The first-order chi connectivity index (χ1) is 7.77. The number of piperidine rings is 1. The van der Waals surface area contributed by atoms with Gasteiger partial charge in [-0.15, -0.1) is 0 Å². The highest BCUT2D eigenvalue weighted by atomic mass is 16.5. The maximum absolute atomic E-state index is 11.2. The Hall–Kier alpha value is -1.56. The Morgan fingerprint density at radius 2 is 2.25 bits per heavy atom. The summed E-state index contributed by atoms with van der Waals surface area (Å²) >= 11 is 0. The average Bonchev–Trinajstić information content (AvgIpc) is 2.32. The fraction of sp³-hybridized carbons (Fsp3) is 0.600. The summed E-state index contributed by atoms with van der Waals surface area (Å²) in [6.07, 6.45) is 3.47.